The molecule has 128 valence electrons. The minimum atomic E-state index is -1.38. The summed E-state index contributed by atoms with van der Waals surface area (Å²) >= 11 is 0. The molecular weight excluding hydrogens is 309 g/mol. The molecule has 0 bridgehead atoms. The van der Waals surface area contributed by atoms with Crippen LogP contribution in [0.1, 0.15) is 56.9 Å². The Kier molecular flexibility index (Phi) is 4.06. The van der Waals surface area contributed by atoms with Crippen LogP contribution in [0.2, 0.25) is 0 Å². The first-order chi connectivity index (χ1) is 11.5. The Balaban J connectivity index is 1.62. The van der Waals surface area contributed by atoms with Gasteiger partial charge in [0, 0.05) is 5.39 Å². The molecule has 0 radical (unpaired) electrons. The van der Waals surface area contributed by atoms with Crippen molar-refractivity contribution in [2.24, 2.45) is 17.8 Å². The maximum Gasteiger partial charge on any atom is 0.195 e. The van der Waals surface area contributed by atoms with Crippen LogP contribution in [-0.4, -0.2) is 0 Å². The van der Waals surface area contributed by atoms with Crippen molar-refractivity contribution < 1.29 is 13.2 Å². The highest BCUT2D eigenvalue weighted by atomic mass is 19.2. The molecule has 0 N–H and O–H groups in total. The topological polar surface area (TPSA) is 0 Å². The van der Waals surface area contributed by atoms with E-state index in [0.717, 1.165) is 35.8 Å². The predicted molar refractivity (Wildman–Crippen MR) is 90.4 cm³/mol. The molecule has 0 heterocycles. The summed E-state index contributed by atoms with van der Waals surface area (Å²) in [6.07, 6.45) is 7.56. The van der Waals surface area contributed by atoms with Crippen LogP contribution in [0.5, 0.6) is 0 Å². The molecule has 4 rings (SSSR count). The lowest BCUT2D eigenvalue weighted by Gasteiger charge is -2.41. The maximum atomic E-state index is 13.9. The highest BCUT2D eigenvalue weighted by Crippen LogP contribution is 2.47. The average molecular weight is 332 g/mol. The fourth-order valence-electron chi connectivity index (χ4n) is 5.00. The Labute approximate surface area is 141 Å². The summed E-state index contributed by atoms with van der Waals surface area (Å²) in [5.41, 5.74) is 1.14. The van der Waals surface area contributed by atoms with E-state index in [1.807, 2.05) is 12.1 Å². The minimum Gasteiger partial charge on any atom is -0.204 e. The van der Waals surface area contributed by atoms with Gasteiger partial charge in [0.15, 0.2) is 17.5 Å². The lowest BCUT2D eigenvalue weighted by molar-refractivity contribution is 0.124. The molecule has 24 heavy (non-hydrogen) atoms. The molecule has 0 aromatic heterocycles. The predicted octanol–water partition coefficient (Wildman–Crippen LogP) is 6.58. The van der Waals surface area contributed by atoms with E-state index < -0.39 is 17.5 Å². The third-order valence-corrected chi connectivity index (χ3v) is 6.34. The fourth-order valence-corrected chi connectivity index (χ4v) is 5.00. The van der Waals surface area contributed by atoms with E-state index in [9.17, 15) is 13.2 Å². The number of hydrogen-bond donors (Lipinski definition) is 0. The van der Waals surface area contributed by atoms with Crippen molar-refractivity contribution in [3.63, 3.8) is 0 Å². The molecule has 3 heteroatoms. The lowest BCUT2D eigenvalue weighted by atomic mass is 9.64. The smallest absolute Gasteiger partial charge is 0.195 e. The van der Waals surface area contributed by atoms with Gasteiger partial charge in [-0.05, 0) is 72.8 Å². The maximum absolute atomic E-state index is 13.9. The van der Waals surface area contributed by atoms with Crippen molar-refractivity contribution in [3.05, 3.63) is 47.3 Å². The van der Waals surface area contributed by atoms with Gasteiger partial charge >= 0.3 is 0 Å². The summed E-state index contributed by atoms with van der Waals surface area (Å²) in [5, 5.41) is 0.626. The van der Waals surface area contributed by atoms with E-state index >= 15 is 0 Å². The molecule has 0 nitrogen and oxygen atoms in total. The highest BCUT2D eigenvalue weighted by molar-refractivity contribution is 5.84. The second-order valence-electron chi connectivity index (χ2n) is 7.92. The van der Waals surface area contributed by atoms with Crippen LogP contribution >= 0.6 is 0 Å². The van der Waals surface area contributed by atoms with Gasteiger partial charge in [-0.3, -0.25) is 0 Å². The van der Waals surface area contributed by atoms with Crippen molar-refractivity contribution >= 4 is 10.8 Å². The van der Waals surface area contributed by atoms with Crippen molar-refractivity contribution in [1.82, 2.24) is 0 Å². The van der Waals surface area contributed by atoms with Crippen LogP contribution in [0, 0.1) is 35.2 Å². The highest BCUT2D eigenvalue weighted by Gasteiger charge is 2.34. The third-order valence-electron chi connectivity index (χ3n) is 6.34. The van der Waals surface area contributed by atoms with E-state index in [-0.39, 0.29) is 5.39 Å². The van der Waals surface area contributed by atoms with Gasteiger partial charge in [-0.2, -0.15) is 0 Å². The fraction of sp³-hybridized carbons (Fsp3) is 0.524. The lowest BCUT2D eigenvalue weighted by Crippen LogP contribution is -2.29. The molecule has 2 aromatic carbocycles. The van der Waals surface area contributed by atoms with Crippen molar-refractivity contribution in [2.75, 3.05) is 0 Å². The Hall–Kier alpha value is -1.51. The molecule has 2 saturated carbocycles. The van der Waals surface area contributed by atoms with Gasteiger partial charge in [-0.15, -0.1) is 0 Å². The molecule has 0 aliphatic heterocycles. The van der Waals surface area contributed by atoms with Crippen LogP contribution < -0.4 is 0 Å². The van der Waals surface area contributed by atoms with Crippen LogP contribution in [0.4, 0.5) is 13.2 Å². The number of benzene rings is 2. The monoisotopic (exact) mass is 332 g/mol. The van der Waals surface area contributed by atoms with Crippen molar-refractivity contribution in [1.29, 1.82) is 0 Å². The molecule has 0 amide bonds. The van der Waals surface area contributed by atoms with Gasteiger partial charge in [0.1, 0.15) is 0 Å². The average Bonchev–Trinajstić information content (AvgIpc) is 2.59. The largest absolute Gasteiger partial charge is 0.204 e. The van der Waals surface area contributed by atoms with Gasteiger partial charge in [-0.1, -0.05) is 31.5 Å². The molecule has 2 aliphatic rings. The zero-order valence-electron chi connectivity index (χ0n) is 14.0. The molecule has 2 aliphatic carbocycles. The third kappa shape index (κ3) is 2.72. The van der Waals surface area contributed by atoms with Crippen molar-refractivity contribution in [2.45, 2.75) is 51.4 Å². The first-order valence-corrected chi connectivity index (χ1v) is 9.10. The summed E-state index contributed by atoms with van der Waals surface area (Å²) in [7, 11) is 0. The van der Waals surface area contributed by atoms with Gasteiger partial charge in [-0.25, -0.2) is 13.2 Å². The number of fused-ring (bicyclic) bond motifs is 2. The molecule has 4 atom stereocenters. The molecule has 0 saturated heterocycles. The second kappa shape index (κ2) is 6.09. The molecule has 2 aromatic rings. The second-order valence-corrected chi connectivity index (χ2v) is 7.92. The summed E-state index contributed by atoms with van der Waals surface area (Å²) in [6, 6.07) is 6.49. The van der Waals surface area contributed by atoms with E-state index in [1.165, 1.54) is 32.1 Å². The Morgan fingerprint density at radius 2 is 1.58 bits per heavy atom. The van der Waals surface area contributed by atoms with Crippen LogP contribution in [0.3, 0.4) is 0 Å². The quantitative estimate of drug-likeness (QED) is 0.518. The summed E-state index contributed by atoms with van der Waals surface area (Å²) in [6.45, 7) is 2.36. The van der Waals surface area contributed by atoms with E-state index in [0.29, 0.717) is 11.3 Å². The van der Waals surface area contributed by atoms with E-state index in [2.05, 4.69) is 6.92 Å². The van der Waals surface area contributed by atoms with Gasteiger partial charge in [0.2, 0.25) is 0 Å². The number of halogens is 3. The van der Waals surface area contributed by atoms with Crippen LogP contribution in [-0.2, 0) is 0 Å². The molecule has 4 unspecified atom stereocenters. The SMILES string of the molecule is CC1CCC2CC(c3ccc4c(F)c(F)c(F)cc4c3)CCC2C1. The summed E-state index contributed by atoms with van der Waals surface area (Å²) in [4.78, 5) is 0. The van der Waals surface area contributed by atoms with E-state index in [1.54, 1.807) is 6.07 Å². The minimum absolute atomic E-state index is 0.165. The zero-order valence-corrected chi connectivity index (χ0v) is 14.0. The van der Waals surface area contributed by atoms with Gasteiger partial charge in [0.05, 0.1) is 0 Å². The normalized spacial score (nSPS) is 30.3. The van der Waals surface area contributed by atoms with Gasteiger partial charge < -0.3 is 0 Å². The molecular formula is C21H23F3. The van der Waals surface area contributed by atoms with Gasteiger partial charge in [0.25, 0.3) is 0 Å². The summed E-state index contributed by atoms with van der Waals surface area (Å²) in [5.74, 6) is -0.618. The first-order valence-electron chi connectivity index (χ1n) is 9.10. The Morgan fingerprint density at radius 3 is 2.42 bits per heavy atom. The standard InChI is InChI=1S/C21H23F3/c1-12-2-3-14-9-15(5-4-13(14)8-12)16-6-7-18-17(10-16)11-19(22)21(24)20(18)23/h6-7,10-15H,2-5,8-9H2,1H3. The van der Waals surface area contributed by atoms with E-state index in [4.69, 9.17) is 0 Å². The first kappa shape index (κ1) is 16.0. The zero-order chi connectivity index (χ0) is 16.8. The Morgan fingerprint density at radius 1 is 0.833 bits per heavy atom. The van der Waals surface area contributed by atoms with Crippen LogP contribution in [0.15, 0.2) is 24.3 Å². The molecule has 2 fully saturated rings. The Bertz CT molecular complexity index is 767. The number of hydrogen-bond acceptors (Lipinski definition) is 0. The van der Waals surface area contributed by atoms with Crippen LogP contribution in [0.25, 0.3) is 10.8 Å². The number of rotatable bonds is 1. The van der Waals surface area contributed by atoms with Crippen molar-refractivity contribution in [3.8, 4) is 0 Å². The molecule has 0 spiro atoms. The summed E-state index contributed by atoms with van der Waals surface area (Å²) < 4.78 is 40.8.